The van der Waals surface area contributed by atoms with Crippen molar-refractivity contribution < 1.29 is 23.6 Å². The van der Waals surface area contributed by atoms with E-state index in [1.807, 2.05) is 0 Å². The van der Waals surface area contributed by atoms with Crippen LogP contribution in [0.15, 0.2) is 48.5 Å². The fourth-order valence-corrected chi connectivity index (χ4v) is 4.39. The highest BCUT2D eigenvalue weighted by Gasteiger charge is 2.50. The van der Waals surface area contributed by atoms with Crippen LogP contribution >= 0.6 is 0 Å². The third kappa shape index (κ3) is 3.27. The number of hydrogen-bond donors (Lipinski definition) is 2. The molecule has 0 spiro atoms. The third-order valence-corrected chi connectivity index (χ3v) is 6.01. The first-order valence-electron chi connectivity index (χ1n) is 10.1. The monoisotopic (exact) mass is 447 g/mol. The standard InChI is InChI=1S/C23H18FN5O4/c1-28-19(9-17(11-30)27-28)13-2-5-15(6-3-13)23(21(32)25-22(33)26-23)12-29-10-14-4-7-16(24)8-18(14)20(29)31/h2-9,11H,10,12H2,1H3,(H2,25,26,32,33)/t23-/m1/s1. The molecule has 0 unspecified atom stereocenters. The van der Waals surface area contributed by atoms with Crippen LogP contribution in [0.1, 0.15) is 32.0 Å². The summed E-state index contributed by atoms with van der Waals surface area (Å²) in [6.07, 6.45) is 0.655. The molecule has 166 valence electrons. The Morgan fingerprint density at radius 2 is 1.88 bits per heavy atom. The zero-order valence-corrected chi connectivity index (χ0v) is 17.5. The van der Waals surface area contributed by atoms with Gasteiger partial charge < -0.3 is 10.2 Å². The first kappa shape index (κ1) is 20.6. The first-order valence-corrected chi connectivity index (χ1v) is 10.1. The average molecular weight is 447 g/mol. The second-order valence-corrected chi connectivity index (χ2v) is 8.05. The van der Waals surface area contributed by atoms with Crippen molar-refractivity contribution in [3.8, 4) is 11.3 Å². The molecule has 3 heterocycles. The van der Waals surface area contributed by atoms with Crippen LogP contribution in [0.2, 0.25) is 0 Å². The molecule has 1 atom stereocenters. The number of nitrogens with zero attached hydrogens (tertiary/aromatic N) is 3. The van der Waals surface area contributed by atoms with E-state index < -0.39 is 29.2 Å². The summed E-state index contributed by atoms with van der Waals surface area (Å²) in [5, 5.41) is 9.02. The van der Waals surface area contributed by atoms with Gasteiger partial charge in [0.2, 0.25) is 0 Å². The molecule has 10 heteroatoms. The third-order valence-electron chi connectivity index (χ3n) is 6.01. The Morgan fingerprint density at radius 3 is 2.52 bits per heavy atom. The smallest absolute Gasteiger partial charge is 0.322 e. The van der Waals surface area contributed by atoms with Gasteiger partial charge in [0, 0.05) is 19.2 Å². The van der Waals surface area contributed by atoms with Crippen LogP contribution in [0.3, 0.4) is 0 Å². The van der Waals surface area contributed by atoms with Gasteiger partial charge in [0.1, 0.15) is 11.5 Å². The molecule has 0 aliphatic carbocycles. The molecule has 1 saturated heterocycles. The van der Waals surface area contributed by atoms with Gasteiger partial charge in [0.25, 0.3) is 11.8 Å². The Morgan fingerprint density at radius 1 is 1.12 bits per heavy atom. The molecule has 9 nitrogen and oxygen atoms in total. The predicted molar refractivity (Wildman–Crippen MR) is 114 cm³/mol. The van der Waals surface area contributed by atoms with E-state index in [2.05, 4.69) is 15.7 Å². The predicted octanol–water partition coefficient (Wildman–Crippen LogP) is 1.73. The summed E-state index contributed by atoms with van der Waals surface area (Å²) in [6, 6.07) is 11.8. The Labute approximate surface area is 187 Å². The molecule has 0 bridgehead atoms. The number of aromatic nitrogens is 2. The zero-order chi connectivity index (χ0) is 23.3. The minimum Gasteiger partial charge on any atom is -0.331 e. The summed E-state index contributed by atoms with van der Waals surface area (Å²) < 4.78 is 15.2. The van der Waals surface area contributed by atoms with E-state index in [1.54, 1.807) is 48.1 Å². The molecule has 2 N–H and O–H groups in total. The van der Waals surface area contributed by atoms with Crippen molar-refractivity contribution in [2.24, 2.45) is 7.05 Å². The summed E-state index contributed by atoms with van der Waals surface area (Å²) in [7, 11) is 1.71. The highest BCUT2D eigenvalue weighted by molar-refractivity contribution is 6.08. The second-order valence-electron chi connectivity index (χ2n) is 8.05. The number of nitrogens with one attached hydrogen (secondary N) is 2. The molecular weight excluding hydrogens is 429 g/mol. The highest BCUT2D eigenvalue weighted by atomic mass is 19.1. The molecule has 4 amide bonds. The molecule has 1 aromatic heterocycles. The number of benzene rings is 2. The molecule has 2 aliphatic heterocycles. The van der Waals surface area contributed by atoms with E-state index in [0.29, 0.717) is 28.8 Å². The maximum Gasteiger partial charge on any atom is 0.322 e. The summed E-state index contributed by atoms with van der Waals surface area (Å²) in [5.74, 6) is -1.52. The molecular formula is C23H18FN5O4. The van der Waals surface area contributed by atoms with Crippen molar-refractivity contribution >= 4 is 24.1 Å². The quantitative estimate of drug-likeness (QED) is 0.457. The van der Waals surface area contributed by atoms with Crippen LogP contribution in [0, 0.1) is 5.82 Å². The molecule has 0 saturated carbocycles. The normalized spacial score (nSPS) is 19.5. The second kappa shape index (κ2) is 7.37. The zero-order valence-electron chi connectivity index (χ0n) is 17.5. The lowest BCUT2D eigenvalue weighted by Gasteiger charge is -2.31. The van der Waals surface area contributed by atoms with Crippen molar-refractivity contribution in [2.75, 3.05) is 6.54 Å². The van der Waals surface area contributed by atoms with Gasteiger partial charge >= 0.3 is 6.03 Å². The van der Waals surface area contributed by atoms with Gasteiger partial charge in [0.05, 0.1) is 12.2 Å². The van der Waals surface area contributed by atoms with Crippen LogP contribution in [-0.4, -0.2) is 45.4 Å². The van der Waals surface area contributed by atoms with Crippen molar-refractivity contribution in [1.82, 2.24) is 25.3 Å². The first-order chi connectivity index (χ1) is 15.8. The van der Waals surface area contributed by atoms with Crippen LogP contribution < -0.4 is 10.6 Å². The largest absolute Gasteiger partial charge is 0.331 e. The number of urea groups is 1. The topological polar surface area (TPSA) is 113 Å². The Hall–Kier alpha value is -4.34. The van der Waals surface area contributed by atoms with Gasteiger partial charge in [0.15, 0.2) is 11.8 Å². The van der Waals surface area contributed by atoms with Crippen LogP contribution in [0.4, 0.5) is 9.18 Å². The lowest BCUT2D eigenvalue weighted by Crippen LogP contribution is -2.52. The van der Waals surface area contributed by atoms with E-state index in [-0.39, 0.29) is 18.7 Å². The van der Waals surface area contributed by atoms with E-state index in [9.17, 15) is 23.6 Å². The molecule has 2 aliphatic rings. The SMILES string of the molecule is Cn1nc(C=O)cc1-c1ccc([C@@]2(CN3Cc4ccc(F)cc4C3=O)NC(=O)NC2=O)cc1. The average Bonchev–Trinajstić information content (AvgIpc) is 3.42. The van der Waals surface area contributed by atoms with Gasteiger partial charge in [-0.25, -0.2) is 9.18 Å². The van der Waals surface area contributed by atoms with E-state index >= 15 is 0 Å². The Balaban J connectivity index is 1.49. The molecule has 33 heavy (non-hydrogen) atoms. The minimum atomic E-state index is -1.51. The summed E-state index contributed by atoms with van der Waals surface area (Å²) in [4.78, 5) is 50.3. The number of aryl methyl sites for hydroxylation is 1. The number of amides is 4. The van der Waals surface area contributed by atoms with Gasteiger partial charge in [-0.1, -0.05) is 30.3 Å². The number of imide groups is 1. The van der Waals surface area contributed by atoms with Gasteiger partial charge in [-0.3, -0.25) is 24.4 Å². The summed E-state index contributed by atoms with van der Waals surface area (Å²) in [5.41, 5.74) is 1.60. The number of hydrogen-bond acceptors (Lipinski definition) is 5. The van der Waals surface area contributed by atoms with E-state index in [1.165, 1.54) is 17.0 Å². The molecule has 2 aromatic carbocycles. The van der Waals surface area contributed by atoms with Crippen LogP contribution in [0.5, 0.6) is 0 Å². The van der Waals surface area contributed by atoms with Gasteiger partial charge in [-0.15, -0.1) is 0 Å². The van der Waals surface area contributed by atoms with Crippen molar-refractivity contribution in [3.05, 3.63) is 76.7 Å². The highest BCUT2D eigenvalue weighted by Crippen LogP contribution is 2.32. The van der Waals surface area contributed by atoms with Crippen molar-refractivity contribution in [1.29, 1.82) is 0 Å². The molecule has 1 fully saturated rings. The minimum absolute atomic E-state index is 0.125. The maximum absolute atomic E-state index is 13.6. The Bertz CT molecular complexity index is 1330. The number of rotatable bonds is 5. The number of carbonyl (C=O) groups excluding carboxylic acids is 4. The van der Waals surface area contributed by atoms with Gasteiger partial charge in [-0.2, -0.15) is 5.10 Å². The van der Waals surface area contributed by atoms with Crippen molar-refractivity contribution in [3.63, 3.8) is 0 Å². The van der Waals surface area contributed by atoms with Gasteiger partial charge in [-0.05, 0) is 34.9 Å². The summed E-state index contributed by atoms with van der Waals surface area (Å²) in [6.45, 7) is 0.0704. The molecule has 5 rings (SSSR count). The fraction of sp³-hybridized carbons (Fsp3) is 0.174. The lowest BCUT2D eigenvalue weighted by molar-refractivity contribution is -0.124. The fourth-order valence-electron chi connectivity index (χ4n) is 4.39. The van der Waals surface area contributed by atoms with E-state index in [4.69, 9.17) is 0 Å². The number of fused-ring (bicyclic) bond motifs is 1. The number of aldehydes is 1. The Kier molecular flexibility index (Phi) is 4.59. The lowest BCUT2D eigenvalue weighted by atomic mass is 9.88. The van der Waals surface area contributed by atoms with E-state index in [0.717, 1.165) is 5.56 Å². The summed E-state index contributed by atoms with van der Waals surface area (Å²) >= 11 is 0. The van der Waals surface area contributed by atoms with Crippen LogP contribution in [-0.2, 0) is 23.9 Å². The number of halogens is 1. The molecule has 3 aromatic rings. The number of carbonyl (C=O) groups is 4. The molecule has 0 radical (unpaired) electrons. The maximum atomic E-state index is 13.6. The van der Waals surface area contributed by atoms with Crippen LogP contribution in [0.25, 0.3) is 11.3 Å². The van der Waals surface area contributed by atoms with Crippen molar-refractivity contribution in [2.45, 2.75) is 12.1 Å².